The number of nitrogen functional groups attached to an aromatic ring is 1. The first kappa shape index (κ1) is 22.6. The SMILES string of the molecule is C[C@H]1CNCCN1Cc1ccc(-n2c(-c3cccnc3N)nc3ccc(C4=CCCC=C4)nc32)cc1. The summed E-state index contributed by atoms with van der Waals surface area (Å²) in [6.45, 7) is 6.37. The van der Waals surface area contributed by atoms with E-state index in [-0.39, 0.29) is 0 Å². The van der Waals surface area contributed by atoms with Crippen LogP contribution in [0.15, 0.2) is 73.0 Å². The molecule has 0 radical (unpaired) electrons. The molecule has 1 aliphatic carbocycles. The van der Waals surface area contributed by atoms with Gasteiger partial charge >= 0.3 is 0 Å². The number of allylic oxidation sites excluding steroid dienone is 4. The molecule has 36 heavy (non-hydrogen) atoms. The molecule has 2 aliphatic rings. The molecule has 4 aromatic rings. The summed E-state index contributed by atoms with van der Waals surface area (Å²) in [4.78, 5) is 16.9. The lowest BCUT2D eigenvalue weighted by Crippen LogP contribution is -2.49. The van der Waals surface area contributed by atoms with Crippen LogP contribution in [-0.2, 0) is 6.54 Å². The van der Waals surface area contributed by atoms with Crippen LogP contribution < -0.4 is 11.1 Å². The molecule has 6 rings (SSSR count). The van der Waals surface area contributed by atoms with Crippen molar-refractivity contribution in [2.75, 3.05) is 25.4 Å². The van der Waals surface area contributed by atoms with Gasteiger partial charge in [0.05, 0.1) is 11.3 Å². The Hall–Kier alpha value is -3.81. The van der Waals surface area contributed by atoms with Crippen molar-refractivity contribution in [3.05, 3.63) is 84.2 Å². The van der Waals surface area contributed by atoms with Gasteiger partial charge in [0.2, 0.25) is 0 Å². The zero-order valence-electron chi connectivity index (χ0n) is 20.6. The van der Waals surface area contributed by atoms with Crippen molar-refractivity contribution in [1.82, 2.24) is 29.7 Å². The van der Waals surface area contributed by atoms with Gasteiger partial charge in [0, 0.05) is 44.1 Å². The number of fused-ring (bicyclic) bond motifs is 1. The molecule has 7 nitrogen and oxygen atoms in total. The molecule has 0 unspecified atom stereocenters. The van der Waals surface area contributed by atoms with Crippen LogP contribution in [0.25, 0.3) is 33.8 Å². The largest absolute Gasteiger partial charge is 0.383 e. The van der Waals surface area contributed by atoms with Gasteiger partial charge in [-0.3, -0.25) is 9.47 Å². The van der Waals surface area contributed by atoms with E-state index in [0.717, 1.165) is 78.5 Å². The highest BCUT2D eigenvalue weighted by Gasteiger charge is 2.20. The van der Waals surface area contributed by atoms with Crippen molar-refractivity contribution in [1.29, 1.82) is 0 Å². The molecule has 1 aliphatic heterocycles. The third kappa shape index (κ3) is 4.32. The molecular formula is C29H31N7. The van der Waals surface area contributed by atoms with Crippen molar-refractivity contribution in [3.8, 4) is 17.1 Å². The number of rotatable bonds is 5. The fraction of sp³-hybridized carbons (Fsp3) is 0.276. The van der Waals surface area contributed by atoms with Crippen LogP contribution >= 0.6 is 0 Å². The van der Waals surface area contributed by atoms with Gasteiger partial charge in [-0.2, -0.15) is 0 Å². The Morgan fingerprint density at radius 2 is 1.94 bits per heavy atom. The number of benzene rings is 1. The number of aromatic nitrogens is 4. The molecule has 3 aromatic heterocycles. The van der Waals surface area contributed by atoms with Crippen molar-refractivity contribution in [2.45, 2.75) is 32.4 Å². The zero-order valence-corrected chi connectivity index (χ0v) is 20.6. The number of hydrogen-bond acceptors (Lipinski definition) is 6. The Balaban J connectivity index is 1.44. The fourth-order valence-electron chi connectivity index (χ4n) is 5.06. The predicted molar refractivity (Wildman–Crippen MR) is 146 cm³/mol. The lowest BCUT2D eigenvalue weighted by molar-refractivity contribution is 0.165. The highest BCUT2D eigenvalue weighted by atomic mass is 15.2. The summed E-state index contributed by atoms with van der Waals surface area (Å²) in [5.74, 6) is 1.20. The Bertz CT molecular complexity index is 1450. The van der Waals surface area contributed by atoms with E-state index in [1.165, 1.54) is 5.56 Å². The summed E-state index contributed by atoms with van der Waals surface area (Å²) >= 11 is 0. The van der Waals surface area contributed by atoms with Crippen LogP contribution in [0, 0.1) is 0 Å². The normalized spacial score (nSPS) is 18.5. The summed E-state index contributed by atoms with van der Waals surface area (Å²) in [5.41, 5.74) is 13.1. The standard InChI is InChI=1S/C29H31N7/c1-20-18-31-16-17-35(20)19-21-9-11-23(12-10-21)36-28(24-8-5-15-32-27(24)30)34-26-14-13-25(33-29(26)36)22-6-3-2-4-7-22/h3,5-15,20,31H,2,4,16-19H2,1H3,(H2,30,32)/t20-/m0/s1. The summed E-state index contributed by atoms with van der Waals surface area (Å²) in [6.07, 6.45) is 10.4. The van der Waals surface area contributed by atoms with E-state index >= 15 is 0 Å². The molecule has 1 saturated heterocycles. The number of imidazole rings is 1. The number of pyridine rings is 2. The molecule has 1 fully saturated rings. The van der Waals surface area contributed by atoms with Gasteiger partial charge < -0.3 is 11.1 Å². The van der Waals surface area contributed by atoms with Crippen molar-refractivity contribution in [2.24, 2.45) is 0 Å². The molecule has 3 N–H and O–H groups in total. The van der Waals surface area contributed by atoms with Crippen LogP contribution in [0.5, 0.6) is 0 Å². The van der Waals surface area contributed by atoms with E-state index < -0.39 is 0 Å². The molecular weight excluding hydrogens is 446 g/mol. The molecule has 0 spiro atoms. The van der Waals surface area contributed by atoms with Gasteiger partial charge in [0.25, 0.3) is 0 Å². The quantitative estimate of drug-likeness (QED) is 0.437. The van der Waals surface area contributed by atoms with Gasteiger partial charge in [0.1, 0.15) is 11.3 Å². The minimum atomic E-state index is 0.455. The second-order valence-electron chi connectivity index (χ2n) is 9.58. The van der Waals surface area contributed by atoms with Crippen LogP contribution in [0.1, 0.15) is 31.0 Å². The van der Waals surface area contributed by atoms with E-state index in [9.17, 15) is 0 Å². The van der Waals surface area contributed by atoms with Crippen molar-refractivity contribution >= 4 is 22.6 Å². The fourth-order valence-corrected chi connectivity index (χ4v) is 5.06. The third-order valence-corrected chi connectivity index (χ3v) is 7.09. The average Bonchev–Trinajstić information content (AvgIpc) is 3.30. The second-order valence-corrected chi connectivity index (χ2v) is 9.58. The molecule has 0 bridgehead atoms. The lowest BCUT2D eigenvalue weighted by atomic mass is 10.0. The summed E-state index contributed by atoms with van der Waals surface area (Å²) in [6, 6.07) is 17.2. The number of piperazine rings is 1. The Morgan fingerprint density at radius 3 is 2.72 bits per heavy atom. The maximum absolute atomic E-state index is 6.30. The van der Waals surface area contributed by atoms with Gasteiger partial charge in [0.15, 0.2) is 11.5 Å². The molecule has 0 amide bonds. The number of hydrogen-bond donors (Lipinski definition) is 2. The highest BCUT2D eigenvalue weighted by molar-refractivity contribution is 5.85. The van der Waals surface area contributed by atoms with E-state index in [1.807, 2.05) is 18.2 Å². The highest BCUT2D eigenvalue weighted by Crippen LogP contribution is 2.32. The first-order valence-electron chi connectivity index (χ1n) is 12.7. The number of nitrogens with two attached hydrogens (primary N) is 1. The second kappa shape index (κ2) is 9.68. The Labute approximate surface area is 211 Å². The molecule has 4 heterocycles. The predicted octanol–water partition coefficient (Wildman–Crippen LogP) is 4.59. The number of nitrogens with zero attached hydrogens (tertiary/aromatic N) is 5. The van der Waals surface area contributed by atoms with E-state index in [2.05, 4.69) is 75.3 Å². The van der Waals surface area contributed by atoms with Crippen molar-refractivity contribution in [3.63, 3.8) is 0 Å². The van der Waals surface area contributed by atoms with Crippen LogP contribution in [0.4, 0.5) is 5.82 Å². The first-order chi connectivity index (χ1) is 17.7. The van der Waals surface area contributed by atoms with Crippen LogP contribution in [0.2, 0.25) is 0 Å². The summed E-state index contributed by atoms with van der Waals surface area (Å²) < 4.78 is 2.11. The summed E-state index contributed by atoms with van der Waals surface area (Å²) in [7, 11) is 0. The third-order valence-electron chi connectivity index (χ3n) is 7.09. The van der Waals surface area contributed by atoms with Gasteiger partial charge in [-0.15, -0.1) is 0 Å². The average molecular weight is 478 g/mol. The molecule has 1 atom stereocenters. The van der Waals surface area contributed by atoms with Crippen LogP contribution in [-0.4, -0.2) is 50.1 Å². The van der Waals surface area contributed by atoms with Gasteiger partial charge in [-0.05, 0) is 67.3 Å². The molecule has 7 heteroatoms. The number of nitrogens with one attached hydrogen (secondary N) is 1. The van der Waals surface area contributed by atoms with Crippen molar-refractivity contribution < 1.29 is 0 Å². The molecule has 1 aromatic carbocycles. The molecule has 0 saturated carbocycles. The zero-order chi connectivity index (χ0) is 24.5. The monoisotopic (exact) mass is 477 g/mol. The maximum atomic E-state index is 6.30. The van der Waals surface area contributed by atoms with E-state index in [1.54, 1.807) is 6.20 Å². The Kier molecular flexibility index (Phi) is 6.09. The van der Waals surface area contributed by atoms with Crippen LogP contribution in [0.3, 0.4) is 0 Å². The minimum Gasteiger partial charge on any atom is -0.383 e. The lowest BCUT2D eigenvalue weighted by Gasteiger charge is -2.33. The Morgan fingerprint density at radius 1 is 1.06 bits per heavy atom. The first-order valence-corrected chi connectivity index (χ1v) is 12.7. The maximum Gasteiger partial charge on any atom is 0.165 e. The molecule has 182 valence electrons. The smallest absolute Gasteiger partial charge is 0.165 e. The van der Waals surface area contributed by atoms with Gasteiger partial charge in [-0.1, -0.05) is 30.4 Å². The minimum absolute atomic E-state index is 0.455. The number of anilines is 1. The van der Waals surface area contributed by atoms with Gasteiger partial charge in [-0.25, -0.2) is 15.0 Å². The topological polar surface area (TPSA) is 84.9 Å². The van der Waals surface area contributed by atoms with E-state index in [0.29, 0.717) is 11.9 Å². The summed E-state index contributed by atoms with van der Waals surface area (Å²) in [5, 5.41) is 3.47. The van der Waals surface area contributed by atoms with E-state index in [4.69, 9.17) is 15.7 Å².